The zero-order valence-corrected chi connectivity index (χ0v) is 8.85. The molecule has 1 heterocycles. The van der Waals surface area contributed by atoms with Crippen LogP contribution in [0.3, 0.4) is 0 Å². The average molecular weight is 222 g/mol. The molecule has 16 heavy (non-hydrogen) atoms. The molecule has 1 amide bonds. The van der Waals surface area contributed by atoms with E-state index in [1.165, 1.54) is 6.07 Å². The third-order valence-electron chi connectivity index (χ3n) is 2.62. The fourth-order valence-corrected chi connectivity index (χ4v) is 1.74. The molecule has 3 N–H and O–H groups in total. The molecule has 1 fully saturated rings. The molecule has 0 saturated carbocycles. The Morgan fingerprint density at radius 1 is 1.38 bits per heavy atom. The minimum atomic E-state index is -0.618. The third-order valence-corrected chi connectivity index (χ3v) is 2.62. The predicted molar refractivity (Wildman–Crippen MR) is 59.7 cm³/mol. The predicted octanol–water partition coefficient (Wildman–Crippen LogP) is 0.328. The molecule has 0 aliphatic carbocycles. The first kappa shape index (κ1) is 10.8. The molecule has 0 aromatic heterocycles. The number of amides is 1. The van der Waals surface area contributed by atoms with Crippen molar-refractivity contribution in [2.24, 2.45) is 5.73 Å². The minimum Gasteiger partial charge on any atom is -0.507 e. The number of nitrogens with two attached hydrogens (primary N) is 1. The lowest BCUT2D eigenvalue weighted by atomic mass is 10.1. The maximum Gasteiger partial charge on any atom is 0.252 e. The van der Waals surface area contributed by atoms with Crippen molar-refractivity contribution in [3.63, 3.8) is 0 Å². The van der Waals surface area contributed by atoms with E-state index in [1.54, 1.807) is 12.1 Å². The maximum absolute atomic E-state index is 11.1. The summed E-state index contributed by atoms with van der Waals surface area (Å²) >= 11 is 0. The first-order chi connectivity index (χ1) is 7.68. The van der Waals surface area contributed by atoms with Gasteiger partial charge in [0.15, 0.2) is 0 Å². The number of carbonyl (C=O) groups excluding carboxylic acids is 1. The van der Waals surface area contributed by atoms with Gasteiger partial charge < -0.3 is 20.5 Å². The van der Waals surface area contributed by atoms with Crippen molar-refractivity contribution in [1.82, 2.24) is 0 Å². The summed E-state index contributed by atoms with van der Waals surface area (Å²) in [5, 5.41) is 9.46. The molecule has 0 spiro atoms. The van der Waals surface area contributed by atoms with Crippen molar-refractivity contribution in [2.45, 2.75) is 0 Å². The van der Waals surface area contributed by atoms with Crippen molar-refractivity contribution in [1.29, 1.82) is 0 Å². The van der Waals surface area contributed by atoms with E-state index in [0.717, 1.165) is 18.8 Å². The number of ether oxygens (including phenoxy) is 1. The normalized spacial score (nSPS) is 16.1. The fraction of sp³-hybridized carbons (Fsp3) is 0.364. The summed E-state index contributed by atoms with van der Waals surface area (Å²) in [4.78, 5) is 13.2. The maximum atomic E-state index is 11.1. The summed E-state index contributed by atoms with van der Waals surface area (Å²) in [5.74, 6) is -0.697. The third kappa shape index (κ3) is 2.09. The lowest BCUT2D eigenvalue weighted by molar-refractivity contribution is 0.0998. The van der Waals surface area contributed by atoms with Crippen molar-refractivity contribution in [2.75, 3.05) is 31.2 Å². The van der Waals surface area contributed by atoms with Crippen LogP contribution in [0.15, 0.2) is 18.2 Å². The van der Waals surface area contributed by atoms with Gasteiger partial charge in [-0.15, -0.1) is 0 Å². The van der Waals surface area contributed by atoms with Crippen molar-refractivity contribution in [3.05, 3.63) is 23.8 Å². The van der Waals surface area contributed by atoms with Gasteiger partial charge in [-0.2, -0.15) is 0 Å². The van der Waals surface area contributed by atoms with Gasteiger partial charge in [0.25, 0.3) is 5.91 Å². The number of carbonyl (C=O) groups is 1. The Balaban J connectivity index is 2.27. The molecule has 0 unspecified atom stereocenters. The molecule has 5 heteroatoms. The van der Waals surface area contributed by atoms with E-state index in [4.69, 9.17) is 10.5 Å². The van der Waals surface area contributed by atoms with Crippen LogP contribution in [0.5, 0.6) is 5.75 Å². The lowest BCUT2D eigenvalue weighted by Gasteiger charge is -2.29. The number of phenols is 1. The number of rotatable bonds is 2. The van der Waals surface area contributed by atoms with Gasteiger partial charge in [-0.1, -0.05) is 0 Å². The Labute approximate surface area is 93.4 Å². The number of aromatic hydroxyl groups is 1. The molecule has 0 bridgehead atoms. The summed E-state index contributed by atoms with van der Waals surface area (Å²) in [6.07, 6.45) is 0. The van der Waals surface area contributed by atoms with Gasteiger partial charge >= 0.3 is 0 Å². The van der Waals surface area contributed by atoms with Gasteiger partial charge in [-0.05, 0) is 18.2 Å². The van der Waals surface area contributed by atoms with Crippen LogP contribution in [0.4, 0.5) is 5.69 Å². The standard InChI is InChI=1S/C11H14N2O3/c12-11(15)9-7-8(1-2-10(9)14)13-3-5-16-6-4-13/h1-2,7,14H,3-6H2,(H2,12,15). The van der Waals surface area contributed by atoms with Crippen LogP contribution in [-0.4, -0.2) is 37.3 Å². The number of hydrogen-bond donors (Lipinski definition) is 2. The Bertz CT molecular complexity index is 400. The topological polar surface area (TPSA) is 75.8 Å². The average Bonchev–Trinajstić information content (AvgIpc) is 2.30. The molecule has 5 nitrogen and oxygen atoms in total. The van der Waals surface area contributed by atoms with Gasteiger partial charge in [0, 0.05) is 18.8 Å². The number of anilines is 1. The van der Waals surface area contributed by atoms with Gasteiger partial charge in [0.1, 0.15) is 5.75 Å². The van der Waals surface area contributed by atoms with Crippen LogP contribution in [0.2, 0.25) is 0 Å². The largest absolute Gasteiger partial charge is 0.507 e. The SMILES string of the molecule is NC(=O)c1cc(N2CCOCC2)ccc1O. The number of nitrogens with zero attached hydrogens (tertiary/aromatic N) is 1. The van der Waals surface area contributed by atoms with Crippen LogP contribution >= 0.6 is 0 Å². The molecule has 1 aromatic carbocycles. The molecule has 0 radical (unpaired) electrons. The Morgan fingerprint density at radius 2 is 2.06 bits per heavy atom. The van der Waals surface area contributed by atoms with Gasteiger partial charge in [0.05, 0.1) is 18.8 Å². The summed E-state index contributed by atoms with van der Waals surface area (Å²) in [6, 6.07) is 4.88. The Morgan fingerprint density at radius 3 is 2.69 bits per heavy atom. The monoisotopic (exact) mass is 222 g/mol. The highest BCUT2D eigenvalue weighted by Crippen LogP contribution is 2.24. The summed E-state index contributed by atoms with van der Waals surface area (Å²) < 4.78 is 5.24. The highest BCUT2D eigenvalue weighted by molar-refractivity contribution is 5.96. The summed E-state index contributed by atoms with van der Waals surface area (Å²) in [5.41, 5.74) is 6.21. The molecule has 1 saturated heterocycles. The summed E-state index contributed by atoms with van der Waals surface area (Å²) in [6.45, 7) is 2.91. The molecular weight excluding hydrogens is 208 g/mol. The van der Waals surface area contributed by atoms with Gasteiger partial charge in [-0.25, -0.2) is 0 Å². The van der Waals surface area contributed by atoms with Gasteiger partial charge in [-0.3, -0.25) is 4.79 Å². The second kappa shape index (κ2) is 4.40. The van der Waals surface area contributed by atoms with E-state index in [2.05, 4.69) is 4.90 Å². The zero-order valence-electron chi connectivity index (χ0n) is 8.85. The zero-order chi connectivity index (χ0) is 11.5. The highest BCUT2D eigenvalue weighted by atomic mass is 16.5. The van der Waals surface area contributed by atoms with E-state index >= 15 is 0 Å². The minimum absolute atomic E-state index is 0.0792. The van der Waals surface area contributed by atoms with Crippen molar-refractivity contribution < 1.29 is 14.6 Å². The fourth-order valence-electron chi connectivity index (χ4n) is 1.74. The van der Waals surface area contributed by atoms with E-state index in [1.807, 2.05) is 0 Å². The molecule has 0 atom stereocenters. The van der Waals surface area contributed by atoms with Crippen molar-refractivity contribution >= 4 is 11.6 Å². The number of morpholine rings is 1. The van der Waals surface area contributed by atoms with E-state index in [0.29, 0.717) is 13.2 Å². The van der Waals surface area contributed by atoms with Crippen LogP contribution in [0.1, 0.15) is 10.4 Å². The lowest BCUT2D eigenvalue weighted by Crippen LogP contribution is -2.36. The van der Waals surface area contributed by atoms with Crippen LogP contribution in [0.25, 0.3) is 0 Å². The second-order valence-electron chi connectivity index (χ2n) is 3.67. The van der Waals surface area contributed by atoms with Gasteiger partial charge in [0.2, 0.25) is 0 Å². The molecule has 1 aliphatic heterocycles. The van der Waals surface area contributed by atoms with Crippen LogP contribution < -0.4 is 10.6 Å². The Kier molecular flexibility index (Phi) is 2.96. The number of primary amides is 1. The number of hydrogen-bond acceptors (Lipinski definition) is 4. The Hall–Kier alpha value is -1.75. The van der Waals surface area contributed by atoms with Crippen LogP contribution in [-0.2, 0) is 4.74 Å². The van der Waals surface area contributed by atoms with E-state index < -0.39 is 5.91 Å². The van der Waals surface area contributed by atoms with E-state index in [-0.39, 0.29) is 11.3 Å². The summed E-state index contributed by atoms with van der Waals surface area (Å²) in [7, 11) is 0. The highest BCUT2D eigenvalue weighted by Gasteiger charge is 2.14. The molecular formula is C11H14N2O3. The van der Waals surface area contributed by atoms with Crippen LogP contribution in [0, 0.1) is 0 Å². The molecule has 1 aliphatic rings. The first-order valence-corrected chi connectivity index (χ1v) is 5.14. The first-order valence-electron chi connectivity index (χ1n) is 5.14. The molecule has 86 valence electrons. The van der Waals surface area contributed by atoms with E-state index in [9.17, 15) is 9.90 Å². The quantitative estimate of drug-likeness (QED) is 0.756. The molecule has 1 aromatic rings. The van der Waals surface area contributed by atoms with Crippen molar-refractivity contribution in [3.8, 4) is 5.75 Å². The smallest absolute Gasteiger partial charge is 0.252 e. The second-order valence-corrected chi connectivity index (χ2v) is 3.67. The number of benzene rings is 1. The molecule has 2 rings (SSSR count).